The second-order valence-electron chi connectivity index (χ2n) is 4.14. The lowest BCUT2D eigenvalue weighted by atomic mass is 9.95. The summed E-state index contributed by atoms with van der Waals surface area (Å²) in [5.74, 6) is 1.25. The van der Waals surface area contributed by atoms with E-state index in [1.165, 1.54) is 0 Å². The molecular weight excluding hydrogens is 270 g/mol. The summed E-state index contributed by atoms with van der Waals surface area (Å²) < 4.78 is 6.25. The summed E-state index contributed by atoms with van der Waals surface area (Å²) in [6, 6.07) is 2.00. The molecule has 1 atom stereocenters. The van der Waals surface area contributed by atoms with E-state index in [0.717, 1.165) is 35.1 Å². The topological polar surface area (TPSA) is 41.5 Å². The maximum Gasteiger partial charge on any atom is 0.164 e. The fraction of sp³-hybridized carbons (Fsp3) is 0.500. The minimum absolute atomic E-state index is 0.289. The predicted molar refractivity (Wildman–Crippen MR) is 67.3 cm³/mol. The average molecular weight is 286 g/mol. The fourth-order valence-corrected chi connectivity index (χ4v) is 2.64. The zero-order valence-corrected chi connectivity index (χ0v) is 11.1. The zero-order chi connectivity index (χ0) is 11.7. The molecule has 0 saturated carbocycles. The molecule has 1 aromatic carbocycles. The molecule has 88 valence electrons. The van der Waals surface area contributed by atoms with Gasteiger partial charge in [-0.15, -0.1) is 0 Å². The molecule has 0 amide bonds. The van der Waals surface area contributed by atoms with E-state index in [4.69, 9.17) is 4.74 Å². The van der Waals surface area contributed by atoms with Gasteiger partial charge in [-0.2, -0.15) is 0 Å². The van der Waals surface area contributed by atoms with Gasteiger partial charge < -0.3 is 15.2 Å². The molecule has 2 N–H and O–H groups in total. The van der Waals surface area contributed by atoms with Gasteiger partial charge in [-0.05, 0) is 26.0 Å². The highest BCUT2D eigenvalue weighted by molar-refractivity contribution is 9.10. The summed E-state index contributed by atoms with van der Waals surface area (Å²) in [5, 5.41) is 13.5. The minimum Gasteiger partial charge on any atom is -0.504 e. The molecule has 1 aromatic rings. The number of hydrogen-bond acceptors (Lipinski definition) is 3. The molecule has 0 aliphatic carbocycles. The molecule has 0 spiro atoms. The van der Waals surface area contributed by atoms with Gasteiger partial charge in [-0.1, -0.05) is 15.9 Å². The van der Waals surface area contributed by atoms with E-state index in [-0.39, 0.29) is 5.75 Å². The molecule has 0 bridgehead atoms. The molecule has 0 radical (unpaired) electrons. The van der Waals surface area contributed by atoms with Gasteiger partial charge in [-0.3, -0.25) is 0 Å². The van der Waals surface area contributed by atoms with Gasteiger partial charge in [0.15, 0.2) is 11.5 Å². The van der Waals surface area contributed by atoms with Crippen LogP contribution in [0.3, 0.4) is 0 Å². The van der Waals surface area contributed by atoms with Crippen LogP contribution in [-0.4, -0.2) is 25.3 Å². The Morgan fingerprint density at radius 1 is 1.56 bits per heavy atom. The van der Waals surface area contributed by atoms with E-state index in [9.17, 15) is 5.11 Å². The maximum atomic E-state index is 10.2. The Kier molecular flexibility index (Phi) is 3.40. The highest BCUT2D eigenvalue weighted by atomic mass is 79.9. The van der Waals surface area contributed by atoms with Crippen LogP contribution >= 0.6 is 15.9 Å². The first-order valence-electron chi connectivity index (χ1n) is 5.41. The largest absolute Gasteiger partial charge is 0.504 e. The van der Waals surface area contributed by atoms with Crippen LogP contribution in [0.2, 0.25) is 0 Å². The predicted octanol–water partition coefficient (Wildman–Crippen LogP) is 2.55. The summed E-state index contributed by atoms with van der Waals surface area (Å²) in [6.07, 6.45) is 1.06. The lowest BCUT2D eigenvalue weighted by molar-refractivity contribution is 0.366. The molecule has 1 unspecified atom stereocenters. The molecule has 1 saturated heterocycles. The van der Waals surface area contributed by atoms with Crippen molar-refractivity contribution >= 4 is 15.9 Å². The van der Waals surface area contributed by atoms with Crippen molar-refractivity contribution in [1.82, 2.24) is 5.32 Å². The van der Waals surface area contributed by atoms with Crippen molar-refractivity contribution in [2.45, 2.75) is 19.3 Å². The molecular formula is C12H16BrNO2. The fourth-order valence-electron chi connectivity index (χ4n) is 2.21. The number of halogens is 1. The van der Waals surface area contributed by atoms with Crippen molar-refractivity contribution in [2.75, 3.05) is 20.2 Å². The Hall–Kier alpha value is -0.740. The van der Waals surface area contributed by atoms with E-state index in [1.807, 2.05) is 13.0 Å². The zero-order valence-electron chi connectivity index (χ0n) is 9.51. The minimum atomic E-state index is 0.289. The third-order valence-corrected chi connectivity index (χ3v) is 4.00. The van der Waals surface area contributed by atoms with Crippen LogP contribution < -0.4 is 10.1 Å². The first kappa shape index (κ1) is 11.7. The molecule has 16 heavy (non-hydrogen) atoms. The van der Waals surface area contributed by atoms with Crippen molar-refractivity contribution in [1.29, 1.82) is 0 Å². The molecule has 1 heterocycles. The van der Waals surface area contributed by atoms with Gasteiger partial charge >= 0.3 is 0 Å². The number of phenolic OH excluding ortho intramolecular Hbond substituents is 1. The molecule has 3 nitrogen and oxygen atoms in total. The van der Waals surface area contributed by atoms with Gasteiger partial charge in [0.1, 0.15) is 0 Å². The van der Waals surface area contributed by atoms with Crippen molar-refractivity contribution in [3.8, 4) is 11.5 Å². The van der Waals surface area contributed by atoms with Gasteiger partial charge in [0.05, 0.1) is 7.11 Å². The lowest BCUT2D eigenvalue weighted by Crippen LogP contribution is -2.08. The van der Waals surface area contributed by atoms with Crippen LogP contribution in [-0.2, 0) is 0 Å². The maximum absolute atomic E-state index is 10.2. The summed E-state index contributed by atoms with van der Waals surface area (Å²) in [6.45, 7) is 3.86. The normalized spacial score (nSPS) is 20.1. The summed E-state index contributed by atoms with van der Waals surface area (Å²) in [5.41, 5.74) is 1.91. The number of rotatable bonds is 2. The van der Waals surface area contributed by atoms with Crippen molar-refractivity contribution in [3.63, 3.8) is 0 Å². The third kappa shape index (κ3) is 1.92. The van der Waals surface area contributed by atoms with E-state index in [2.05, 4.69) is 21.2 Å². The second kappa shape index (κ2) is 4.63. The van der Waals surface area contributed by atoms with Gasteiger partial charge in [0, 0.05) is 28.1 Å². The van der Waals surface area contributed by atoms with Crippen LogP contribution in [0, 0.1) is 6.92 Å². The molecule has 1 aliphatic heterocycles. The highest BCUT2D eigenvalue weighted by Crippen LogP contribution is 2.42. The molecule has 1 fully saturated rings. The first-order chi connectivity index (χ1) is 7.65. The number of benzene rings is 1. The van der Waals surface area contributed by atoms with Crippen LogP contribution in [0.25, 0.3) is 0 Å². The van der Waals surface area contributed by atoms with E-state index >= 15 is 0 Å². The SMILES string of the molecule is COc1c(C)c(Br)cc(C2CCNC2)c1O. The molecule has 1 aliphatic rings. The van der Waals surface area contributed by atoms with E-state index < -0.39 is 0 Å². The summed E-state index contributed by atoms with van der Waals surface area (Å²) in [4.78, 5) is 0. The number of nitrogens with one attached hydrogen (secondary N) is 1. The van der Waals surface area contributed by atoms with Crippen molar-refractivity contribution < 1.29 is 9.84 Å². The van der Waals surface area contributed by atoms with Crippen LogP contribution in [0.5, 0.6) is 11.5 Å². The molecule has 4 heteroatoms. The Balaban J connectivity index is 2.49. The van der Waals surface area contributed by atoms with Crippen LogP contribution in [0.15, 0.2) is 10.5 Å². The Morgan fingerprint density at radius 2 is 2.31 bits per heavy atom. The molecule has 2 rings (SSSR count). The quantitative estimate of drug-likeness (QED) is 0.878. The smallest absolute Gasteiger partial charge is 0.164 e. The Labute approximate surface area is 104 Å². The standard InChI is InChI=1S/C12H16BrNO2/c1-7-10(13)5-9(8-3-4-14-6-8)11(15)12(7)16-2/h5,8,14-15H,3-4,6H2,1-2H3. The van der Waals surface area contributed by atoms with Gasteiger partial charge in [0.2, 0.25) is 0 Å². The first-order valence-corrected chi connectivity index (χ1v) is 6.21. The monoisotopic (exact) mass is 285 g/mol. The van der Waals surface area contributed by atoms with E-state index in [0.29, 0.717) is 11.7 Å². The van der Waals surface area contributed by atoms with Crippen molar-refractivity contribution in [3.05, 3.63) is 21.7 Å². The summed E-state index contributed by atoms with van der Waals surface area (Å²) >= 11 is 3.51. The van der Waals surface area contributed by atoms with Crippen LogP contribution in [0.1, 0.15) is 23.5 Å². The third-order valence-electron chi connectivity index (χ3n) is 3.17. The van der Waals surface area contributed by atoms with Crippen molar-refractivity contribution in [2.24, 2.45) is 0 Å². The number of ether oxygens (including phenoxy) is 1. The number of phenols is 1. The molecule has 0 aromatic heterocycles. The Bertz CT molecular complexity index is 400. The van der Waals surface area contributed by atoms with Crippen LogP contribution in [0.4, 0.5) is 0 Å². The average Bonchev–Trinajstić information content (AvgIpc) is 2.77. The van der Waals surface area contributed by atoms with Gasteiger partial charge in [-0.25, -0.2) is 0 Å². The lowest BCUT2D eigenvalue weighted by Gasteiger charge is -2.17. The number of hydrogen-bond donors (Lipinski definition) is 2. The van der Waals surface area contributed by atoms with E-state index in [1.54, 1.807) is 7.11 Å². The highest BCUT2D eigenvalue weighted by Gasteiger charge is 2.23. The summed E-state index contributed by atoms with van der Waals surface area (Å²) in [7, 11) is 1.59. The number of methoxy groups -OCH3 is 1. The second-order valence-corrected chi connectivity index (χ2v) is 5.00. The van der Waals surface area contributed by atoms with Gasteiger partial charge in [0.25, 0.3) is 0 Å². The number of aromatic hydroxyl groups is 1. The Morgan fingerprint density at radius 3 is 2.88 bits per heavy atom.